The highest BCUT2D eigenvalue weighted by Gasteiger charge is 2.17. The van der Waals surface area contributed by atoms with Crippen LogP contribution in [0.2, 0.25) is 0 Å². The summed E-state index contributed by atoms with van der Waals surface area (Å²) in [6.07, 6.45) is 5.09. The second-order valence-corrected chi connectivity index (χ2v) is 4.56. The van der Waals surface area contributed by atoms with Crippen molar-refractivity contribution in [2.45, 2.75) is 19.3 Å². The highest BCUT2D eigenvalue weighted by Crippen LogP contribution is 2.29. The standard InChI is InChI=1S/C14H13FN2O2/c15-12-7-10(14-17-16-13(18)8-19-14)5-6-11(12)9-3-1-2-4-9/h3,5-7H,1-2,4,8H2,(H,16,18). The highest BCUT2D eigenvalue weighted by molar-refractivity contribution is 5.98. The summed E-state index contributed by atoms with van der Waals surface area (Å²) in [5.41, 5.74) is 4.54. The summed E-state index contributed by atoms with van der Waals surface area (Å²) in [4.78, 5) is 10.9. The lowest BCUT2D eigenvalue weighted by molar-refractivity contribution is -0.124. The van der Waals surface area contributed by atoms with Crippen molar-refractivity contribution in [2.24, 2.45) is 5.10 Å². The number of allylic oxidation sites excluding steroid dienone is 2. The van der Waals surface area contributed by atoms with Crippen LogP contribution in [0.5, 0.6) is 0 Å². The molecule has 0 spiro atoms. The fourth-order valence-electron chi connectivity index (χ4n) is 2.28. The molecule has 1 heterocycles. The minimum Gasteiger partial charge on any atom is -0.466 e. The molecule has 1 aliphatic heterocycles. The average Bonchev–Trinajstić information content (AvgIpc) is 2.93. The fourth-order valence-corrected chi connectivity index (χ4v) is 2.28. The van der Waals surface area contributed by atoms with Gasteiger partial charge in [0.05, 0.1) is 0 Å². The first kappa shape index (κ1) is 11.9. The lowest BCUT2D eigenvalue weighted by Gasteiger charge is -2.14. The Hall–Kier alpha value is -2.17. The number of benzene rings is 1. The molecule has 0 saturated heterocycles. The SMILES string of the molecule is O=C1COC(c2ccc(C3=CCCC3)c(F)c2)=NN1. The van der Waals surface area contributed by atoms with Crippen molar-refractivity contribution in [2.75, 3.05) is 6.61 Å². The Bertz CT molecular complexity index is 593. The van der Waals surface area contributed by atoms with E-state index in [0.29, 0.717) is 11.1 Å². The minimum atomic E-state index is -0.308. The maximum Gasteiger partial charge on any atom is 0.278 e. The molecule has 0 atom stereocenters. The topological polar surface area (TPSA) is 50.7 Å². The van der Waals surface area contributed by atoms with Crippen LogP contribution in [0.25, 0.3) is 5.57 Å². The zero-order valence-electron chi connectivity index (χ0n) is 10.3. The Morgan fingerprint density at radius 1 is 1.37 bits per heavy atom. The van der Waals surface area contributed by atoms with E-state index in [1.807, 2.05) is 0 Å². The van der Waals surface area contributed by atoms with Crippen molar-refractivity contribution in [3.8, 4) is 0 Å². The number of nitrogens with zero attached hydrogens (tertiary/aromatic N) is 1. The van der Waals surface area contributed by atoms with Gasteiger partial charge in [0.2, 0.25) is 5.90 Å². The van der Waals surface area contributed by atoms with Crippen LogP contribution in [0.15, 0.2) is 29.4 Å². The molecule has 98 valence electrons. The molecule has 0 fully saturated rings. The summed E-state index contributed by atoms with van der Waals surface area (Å²) in [5.74, 6) is -0.351. The van der Waals surface area contributed by atoms with Gasteiger partial charge >= 0.3 is 0 Å². The third-order valence-electron chi connectivity index (χ3n) is 3.23. The van der Waals surface area contributed by atoms with Crippen molar-refractivity contribution in [1.29, 1.82) is 0 Å². The first-order valence-corrected chi connectivity index (χ1v) is 6.23. The number of nitrogens with one attached hydrogen (secondary N) is 1. The van der Waals surface area contributed by atoms with E-state index in [1.54, 1.807) is 12.1 Å². The van der Waals surface area contributed by atoms with Gasteiger partial charge in [-0.05, 0) is 37.0 Å². The molecule has 19 heavy (non-hydrogen) atoms. The van der Waals surface area contributed by atoms with E-state index in [-0.39, 0.29) is 24.2 Å². The quantitative estimate of drug-likeness (QED) is 0.886. The summed E-state index contributed by atoms with van der Waals surface area (Å²) in [7, 11) is 0. The molecule has 1 aromatic carbocycles. The van der Waals surface area contributed by atoms with Crippen LogP contribution in [0.1, 0.15) is 30.4 Å². The van der Waals surface area contributed by atoms with Crippen LogP contribution in [0, 0.1) is 5.82 Å². The van der Waals surface area contributed by atoms with Gasteiger partial charge < -0.3 is 4.74 Å². The van der Waals surface area contributed by atoms with Crippen molar-refractivity contribution < 1.29 is 13.9 Å². The Labute approximate surface area is 110 Å². The van der Waals surface area contributed by atoms with Crippen molar-refractivity contribution in [3.05, 3.63) is 41.2 Å². The van der Waals surface area contributed by atoms with Crippen LogP contribution in [-0.4, -0.2) is 18.4 Å². The van der Waals surface area contributed by atoms with Gasteiger partial charge in [0.15, 0.2) is 6.61 Å². The lowest BCUT2D eigenvalue weighted by Crippen LogP contribution is -2.32. The smallest absolute Gasteiger partial charge is 0.278 e. The van der Waals surface area contributed by atoms with E-state index in [4.69, 9.17) is 4.74 Å². The fraction of sp³-hybridized carbons (Fsp3) is 0.286. The Morgan fingerprint density at radius 3 is 2.89 bits per heavy atom. The van der Waals surface area contributed by atoms with E-state index >= 15 is 0 Å². The van der Waals surface area contributed by atoms with Gasteiger partial charge in [0.1, 0.15) is 5.82 Å². The Morgan fingerprint density at radius 2 is 2.26 bits per heavy atom. The Balaban J connectivity index is 1.89. The molecule has 0 bridgehead atoms. The van der Waals surface area contributed by atoms with Crippen LogP contribution in [0.3, 0.4) is 0 Å². The summed E-state index contributed by atoms with van der Waals surface area (Å²) >= 11 is 0. The predicted octanol–water partition coefficient (Wildman–Crippen LogP) is 2.20. The number of carbonyl (C=O) groups is 1. The molecule has 0 saturated carbocycles. The molecule has 1 aromatic rings. The molecule has 1 N–H and O–H groups in total. The number of ether oxygens (including phenoxy) is 1. The van der Waals surface area contributed by atoms with Crippen molar-refractivity contribution in [3.63, 3.8) is 0 Å². The Kier molecular flexibility index (Phi) is 3.03. The molecule has 0 radical (unpaired) electrons. The largest absolute Gasteiger partial charge is 0.466 e. The molecule has 1 aliphatic carbocycles. The molecular formula is C14H13FN2O2. The number of rotatable bonds is 2. The van der Waals surface area contributed by atoms with Crippen LogP contribution >= 0.6 is 0 Å². The summed E-state index contributed by atoms with van der Waals surface area (Å²) in [6.45, 7) is -0.0899. The number of carbonyl (C=O) groups excluding carboxylic acids is 1. The van der Waals surface area contributed by atoms with Gasteiger partial charge in [-0.25, -0.2) is 9.82 Å². The second-order valence-electron chi connectivity index (χ2n) is 4.56. The first-order valence-electron chi connectivity index (χ1n) is 6.23. The molecule has 5 heteroatoms. The second kappa shape index (κ2) is 4.84. The number of amides is 1. The third-order valence-corrected chi connectivity index (χ3v) is 3.23. The molecular weight excluding hydrogens is 247 g/mol. The first-order chi connectivity index (χ1) is 9.24. The van der Waals surface area contributed by atoms with Gasteiger partial charge in [0.25, 0.3) is 5.91 Å². The summed E-state index contributed by atoms with van der Waals surface area (Å²) in [5, 5.41) is 3.76. The number of hydrogen-bond donors (Lipinski definition) is 1. The molecule has 0 unspecified atom stereocenters. The van der Waals surface area contributed by atoms with Gasteiger partial charge in [-0.15, -0.1) is 5.10 Å². The van der Waals surface area contributed by atoms with Gasteiger partial charge in [0, 0.05) is 11.1 Å². The number of hydrogen-bond acceptors (Lipinski definition) is 3. The number of hydrazone groups is 1. The predicted molar refractivity (Wildman–Crippen MR) is 68.9 cm³/mol. The van der Waals surface area contributed by atoms with E-state index in [1.165, 1.54) is 6.07 Å². The van der Waals surface area contributed by atoms with Gasteiger partial charge in [-0.2, -0.15) is 0 Å². The van der Waals surface area contributed by atoms with Crippen LogP contribution in [0.4, 0.5) is 4.39 Å². The molecule has 1 amide bonds. The summed E-state index contributed by atoms with van der Waals surface area (Å²) < 4.78 is 19.2. The zero-order chi connectivity index (χ0) is 13.2. The molecule has 0 aromatic heterocycles. The van der Waals surface area contributed by atoms with Crippen LogP contribution in [-0.2, 0) is 9.53 Å². The van der Waals surface area contributed by atoms with E-state index in [0.717, 1.165) is 24.8 Å². The third kappa shape index (κ3) is 2.36. The monoisotopic (exact) mass is 260 g/mol. The van der Waals surface area contributed by atoms with Crippen molar-refractivity contribution >= 4 is 17.4 Å². The van der Waals surface area contributed by atoms with Crippen LogP contribution < -0.4 is 5.43 Å². The highest BCUT2D eigenvalue weighted by atomic mass is 19.1. The molecule has 4 nitrogen and oxygen atoms in total. The molecule has 2 aliphatic rings. The van der Waals surface area contributed by atoms with E-state index < -0.39 is 0 Å². The van der Waals surface area contributed by atoms with Gasteiger partial charge in [-0.1, -0.05) is 12.1 Å². The maximum absolute atomic E-state index is 14.1. The minimum absolute atomic E-state index is 0.0899. The summed E-state index contributed by atoms with van der Waals surface area (Å²) in [6, 6.07) is 4.89. The normalized spacial score (nSPS) is 18.5. The molecule has 3 rings (SSSR count). The van der Waals surface area contributed by atoms with Crippen molar-refractivity contribution in [1.82, 2.24) is 5.43 Å². The van der Waals surface area contributed by atoms with E-state index in [2.05, 4.69) is 16.6 Å². The number of halogens is 1. The lowest BCUT2D eigenvalue weighted by atomic mass is 10.0. The maximum atomic E-state index is 14.1. The zero-order valence-corrected chi connectivity index (χ0v) is 10.3. The van der Waals surface area contributed by atoms with Gasteiger partial charge in [-0.3, -0.25) is 4.79 Å². The average molecular weight is 260 g/mol. The van der Waals surface area contributed by atoms with E-state index in [9.17, 15) is 9.18 Å².